The quantitative estimate of drug-likeness (QED) is 0.304. The highest BCUT2D eigenvalue weighted by Crippen LogP contribution is 2.46. The first-order valence-corrected chi connectivity index (χ1v) is 20.3. The first kappa shape index (κ1) is 29.3. The van der Waals surface area contributed by atoms with E-state index in [0.29, 0.717) is 16.6 Å². The Hall–Kier alpha value is 0.311. The van der Waals surface area contributed by atoms with Crippen molar-refractivity contribution in [2.75, 3.05) is 0 Å². The Balaban J connectivity index is 6.41. The van der Waals surface area contributed by atoms with Gasteiger partial charge in [0.1, 0.15) is 0 Å². The molecule has 0 aliphatic heterocycles. The topological polar surface area (TPSA) is 18.5 Å². The molecule has 2 nitrogen and oxygen atoms in total. The summed E-state index contributed by atoms with van der Waals surface area (Å²) in [6.45, 7) is 37.8. The van der Waals surface area contributed by atoms with Gasteiger partial charge in [-0.3, -0.25) is 0 Å². The maximum atomic E-state index is 7.42. The van der Waals surface area contributed by atoms with Gasteiger partial charge in [0.25, 0.3) is 0 Å². The number of hydrogen-bond acceptors (Lipinski definition) is 2. The van der Waals surface area contributed by atoms with Crippen molar-refractivity contribution in [2.45, 2.75) is 143 Å². The predicted molar refractivity (Wildman–Crippen MR) is 141 cm³/mol. The Bertz CT molecular complexity index is 516. The molecule has 0 amide bonds. The van der Waals surface area contributed by atoms with E-state index in [9.17, 15) is 0 Å². The summed E-state index contributed by atoms with van der Waals surface area (Å²) in [6.07, 6.45) is 2.50. The van der Waals surface area contributed by atoms with Gasteiger partial charge in [-0.1, -0.05) is 93.2 Å². The molecule has 0 aliphatic carbocycles. The van der Waals surface area contributed by atoms with Gasteiger partial charge in [0.15, 0.2) is 8.32 Å². The summed E-state index contributed by atoms with van der Waals surface area (Å²) in [7, 11) is -5.44. The van der Waals surface area contributed by atoms with Crippen molar-refractivity contribution in [2.24, 2.45) is 0 Å². The second-order valence-electron chi connectivity index (χ2n) is 12.4. The molecule has 2 atom stereocenters. The van der Waals surface area contributed by atoms with E-state index < -0.39 is 24.7 Å². The zero-order chi connectivity index (χ0) is 23.6. The third-order valence-corrected chi connectivity index (χ3v) is 20.2. The van der Waals surface area contributed by atoms with Crippen molar-refractivity contribution in [3.05, 3.63) is 11.3 Å². The minimum atomic E-state index is -2.02. The molecule has 0 rings (SSSR count). The van der Waals surface area contributed by atoms with Crippen LogP contribution in [0.25, 0.3) is 0 Å². The van der Waals surface area contributed by atoms with E-state index in [1.807, 2.05) is 0 Å². The van der Waals surface area contributed by atoms with Gasteiger partial charge < -0.3 is 8.85 Å². The highest BCUT2D eigenvalue weighted by molar-refractivity contribution is 6.83. The predicted octanol–water partition coefficient (Wildman–Crippen LogP) is 8.78. The first-order chi connectivity index (χ1) is 12.8. The molecular formula is C24H54O2Si3. The second kappa shape index (κ2) is 10.3. The number of hydrogen-bond donors (Lipinski definition) is 0. The van der Waals surface area contributed by atoms with Crippen LogP contribution in [-0.2, 0) is 8.85 Å². The molecule has 174 valence electrons. The second-order valence-corrected chi connectivity index (χ2v) is 27.7. The lowest BCUT2D eigenvalue weighted by molar-refractivity contribution is 0.0693. The van der Waals surface area contributed by atoms with Crippen LogP contribution in [0, 0.1) is 0 Å². The molecule has 0 radical (unpaired) electrons. The van der Waals surface area contributed by atoms with Crippen LogP contribution in [0.4, 0.5) is 0 Å². The molecule has 0 heterocycles. The Morgan fingerprint density at radius 2 is 1.10 bits per heavy atom. The lowest BCUT2D eigenvalue weighted by Gasteiger charge is -2.49. The van der Waals surface area contributed by atoms with E-state index in [1.54, 1.807) is 0 Å². The minimum Gasteiger partial charge on any atom is -0.411 e. The van der Waals surface area contributed by atoms with Crippen molar-refractivity contribution in [3.63, 3.8) is 0 Å². The smallest absolute Gasteiger partial charge is 0.201 e. The molecule has 29 heavy (non-hydrogen) atoms. The fraction of sp³-hybridized carbons (Fsp3) is 0.917. The first-order valence-electron chi connectivity index (χ1n) is 11.8. The van der Waals surface area contributed by atoms with Gasteiger partial charge in [0.05, 0.1) is 20.3 Å². The Kier molecular flexibility index (Phi) is 10.4. The zero-order valence-corrected chi connectivity index (χ0v) is 25.8. The molecule has 0 bridgehead atoms. The molecule has 0 aliphatic rings. The molecule has 0 aromatic rings. The molecule has 0 fully saturated rings. The summed E-state index contributed by atoms with van der Waals surface area (Å²) in [5.74, 6) is 0. The summed E-state index contributed by atoms with van der Waals surface area (Å²) in [5, 5.41) is 1.71. The van der Waals surface area contributed by atoms with Gasteiger partial charge in [0, 0.05) is 0 Å². The van der Waals surface area contributed by atoms with Crippen molar-refractivity contribution >= 4 is 24.7 Å². The van der Waals surface area contributed by atoms with Gasteiger partial charge in [0.2, 0.25) is 8.32 Å². The maximum absolute atomic E-state index is 7.42. The monoisotopic (exact) mass is 458 g/mol. The van der Waals surface area contributed by atoms with Crippen LogP contribution in [0.3, 0.4) is 0 Å². The maximum Gasteiger partial charge on any atom is 0.201 e. The Morgan fingerprint density at radius 3 is 1.34 bits per heavy atom. The minimum absolute atomic E-state index is 0.0691. The van der Waals surface area contributed by atoms with Gasteiger partial charge in [-0.05, 0) is 48.6 Å². The third-order valence-electron chi connectivity index (χ3n) is 7.23. The van der Waals surface area contributed by atoms with Gasteiger partial charge in [-0.2, -0.15) is 0 Å². The molecule has 5 heteroatoms. The molecule has 0 saturated carbocycles. The van der Waals surface area contributed by atoms with Gasteiger partial charge in [-0.25, -0.2) is 0 Å². The summed E-state index contributed by atoms with van der Waals surface area (Å²) in [4.78, 5) is 0. The van der Waals surface area contributed by atoms with E-state index >= 15 is 0 Å². The van der Waals surface area contributed by atoms with Crippen LogP contribution in [0.5, 0.6) is 0 Å². The standard InChI is InChI=1S/C24H54O2Si3/c1-17-22(27(12,13)14)23(21(8)25-28(15,16)24(9,10)11)26-29(18(2)3,19(4)5)20(6)7/h17-21,23H,1-16H3/b22-17-. The number of rotatable bonds is 10. The molecule has 2 unspecified atom stereocenters. The van der Waals surface area contributed by atoms with Crippen molar-refractivity contribution in [1.82, 2.24) is 0 Å². The molecule has 0 saturated heterocycles. The highest BCUT2D eigenvalue weighted by atomic mass is 28.4. The molecular weight excluding hydrogens is 405 g/mol. The summed E-state index contributed by atoms with van der Waals surface area (Å²) >= 11 is 0. The van der Waals surface area contributed by atoms with E-state index in [1.165, 1.54) is 5.20 Å². The summed E-state index contributed by atoms with van der Waals surface area (Å²) in [5.41, 5.74) is 1.72. The van der Waals surface area contributed by atoms with Crippen LogP contribution in [0.2, 0.25) is 54.4 Å². The Labute approximate surface area is 187 Å². The van der Waals surface area contributed by atoms with Crippen LogP contribution < -0.4 is 0 Å². The van der Waals surface area contributed by atoms with Crippen LogP contribution >= 0.6 is 0 Å². The molecule has 0 aromatic carbocycles. The summed E-state index contributed by atoms with van der Waals surface area (Å²) in [6, 6.07) is 0. The van der Waals surface area contributed by atoms with Crippen molar-refractivity contribution in [3.8, 4) is 0 Å². The zero-order valence-electron chi connectivity index (χ0n) is 22.8. The largest absolute Gasteiger partial charge is 0.411 e. The fourth-order valence-electron chi connectivity index (χ4n) is 4.77. The average Bonchev–Trinajstić information content (AvgIpc) is 2.46. The van der Waals surface area contributed by atoms with Crippen LogP contribution in [0.15, 0.2) is 11.3 Å². The van der Waals surface area contributed by atoms with E-state index in [2.05, 4.69) is 115 Å². The lowest BCUT2D eigenvalue weighted by Crippen LogP contribution is -2.56. The lowest BCUT2D eigenvalue weighted by atomic mass is 10.2. The van der Waals surface area contributed by atoms with Gasteiger partial charge in [-0.15, -0.1) is 0 Å². The van der Waals surface area contributed by atoms with E-state index in [0.717, 1.165) is 0 Å². The van der Waals surface area contributed by atoms with Gasteiger partial charge >= 0.3 is 0 Å². The average molecular weight is 459 g/mol. The van der Waals surface area contributed by atoms with Crippen molar-refractivity contribution < 1.29 is 8.85 Å². The highest BCUT2D eigenvalue weighted by Gasteiger charge is 2.50. The fourth-order valence-corrected chi connectivity index (χ4v) is 13.9. The SMILES string of the molecule is C/C=C(/C(O[Si](C(C)C)(C(C)C)C(C)C)C(C)O[Si](C)(C)C(C)(C)C)[Si](C)(C)C. The molecule has 0 aromatic heterocycles. The van der Waals surface area contributed by atoms with Crippen molar-refractivity contribution in [1.29, 1.82) is 0 Å². The third kappa shape index (κ3) is 6.90. The van der Waals surface area contributed by atoms with E-state index in [-0.39, 0.29) is 17.2 Å². The van der Waals surface area contributed by atoms with E-state index in [4.69, 9.17) is 8.85 Å². The van der Waals surface area contributed by atoms with Crippen LogP contribution in [-0.4, -0.2) is 36.9 Å². The summed E-state index contributed by atoms with van der Waals surface area (Å²) < 4.78 is 14.4. The molecule has 0 spiro atoms. The Morgan fingerprint density at radius 1 is 0.724 bits per heavy atom. The molecule has 0 N–H and O–H groups in total. The number of allylic oxidation sites excluding steroid dienone is 1. The van der Waals surface area contributed by atoms with Crippen LogP contribution in [0.1, 0.15) is 76.2 Å². The normalized spacial score (nSPS) is 17.4.